The van der Waals surface area contributed by atoms with Gasteiger partial charge in [-0.3, -0.25) is 0 Å². The van der Waals surface area contributed by atoms with Crippen LogP contribution in [0.5, 0.6) is 0 Å². The molecule has 0 aromatic rings. The fourth-order valence-electron chi connectivity index (χ4n) is 2.68. The number of hydrogen-bond donors (Lipinski definition) is 0. The molecule has 1 heterocycles. The molecule has 18 heavy (non-hydrogen) atoms. The lowest BCUT2D eigenvalue weighted by Gasteiger charge is -2.51. The molecule has 2 aliphatic rings. The Labute approximate surface area is 117 Å². The Kier molecular flexibility index (Phi) is 3.93. The lowest BCUT2D eigenvalue weighted by molar-refractivity contribution is -0.166. The van der Waals surface area contributed by atoms with Gasteiger partial charge in [-0.05, 0) is 39.5 Å². The maximum Gasteiger partial charge on any atom is 0.410 e. The number of amides is 1. The number of morpholine rings is 1. The minimum absolute atomic E-state index is 0.104. The average molecular weight is 320 g/mol. The number of ether oxygens (including phenoxy) is 2. The summed E-state index contributed by atoms with van der Waals surface area (Å²) >= 11 is 3.50. The monoisotopic (exact) mass is 319 g/mol. The minimum Gasteiger partial charge on any atom is -0.444 e. The van der Waals surface area contributed by atoms with Crippen LogP contribution in [0.2, 0.25) is 0 Å². The molecule has 0 radical (unpaired) electrons. The van der Waals surface area contributed by atoms with Crippen LogP contribution in [0, 0.1) is 5.92 Å². The van der Waals surface area contributed by atoms with Crippen LogP contribution in [0.3, 0.4) is 0 Å². The molecule has 1 amide bonds. The molecule has 4 nitrogen and oxygen atoms in total. The summed E-state index contributed by atoms with van der Waals surface area (Å²) < 4.78 is 11.3. The van der Waals surface area contributed by atoms with E-state index in [0.29, 0.717) is 25.6 Å². The Hall–Kier alpha value is -0.290. The van der Waals surface area contributed by atoms with E-state index < -0.39 is 5.60 Å². The Balaban J connectivity index is 1.90. The zero-order valence-corrected chi connectivity index (χ0v) is 13.0. The highest BCUT2D eigenvalue weighted by Crippen LogP contribution is 2.43. The van der Waals surface area contributed by atoms with Crippen molar-refractivity contribution in [3.8, 4) is 0 Å². The fraction of sp³-hybridized carbons (Fsp3) is 0.923. The van der Waals surface area contributed by atoms with Gasteiger partial charge < -0.3 is 14.4 Å². The Morgan fingerprint density at radius 3 is 2.72 bits per heavy atom. The Morgan fingerprint density at radius 1 is 1.50 bits per heavy atom. The third-order valence-corrected chi connectivity index (χ3v) is 4.36. The van der Waals surface area contributed by atoms with Crippen molar-refractivity contribution in [2.24, 2.45) is 5.92 Å². The number of carbonyl (C=O) groups is 1. The topological polar surface area (TPSA) is 38.8 Å². The molecule has 1 aliphatic carbocycles. The maximum absolute atomic E-state index is 12.0. The van der Waals surface area contributed by atoms with E-state index in [4.69, 9.17) is 9.47 Å². The van der Waals surface area contributed by atoms with Crippen LogP contribution >= 0.6 is 15.9 Å². The van der Waals surface area contributed by atoms with Gasteiger partial charge >= 0.3 is 6.09 Å². The van der Waals surface area contributed by atoms with E-state index in [0.717, 1.165) is 18.2 Å². The molecule has 1 aliphatic heterocycles. The summed E-state index contributed by atoms with van der Waals surface area (Å²) in [5, 5.41) is 1.02. The first-order chi connectivity index (χ1) is 8.34. The van der Waals surface area contributed by atoms with Gasteiger partial charge in [0.15, 0.2) is 0 Å². The van der Waals surface area contributed by atoms with E-state index in [1.165, 1.54) is 0 Å². The lowest BCUT2D eigenvalue weighted by Crippen LogP contribution is -2.60. The normalized spacial score (nSPS) is 32.2. The van der Waals surface area contributed by atoms with Gasteiger partial charge in [0.1, 0.15) is 5.60 Å². The Morgan fingerprint density at radius 2 is 2.17 bits per heavy atom. The number of rotatable bonds is 1. The summed E-state index contributed by atoms with van der Waals surface area (Å²) in [4.78, 5) is 13.8. The van der Waals surface area contributed by atoms with Crippen LogP contribution in [0.15, 0.2) is 0 Å². The smallest absolute Gasteiger partial charge is 0.410 e. The lowest BCUT2D eigenvalue weighted by atomic mass is 9.71. The molecular formula is C13H22BrNO3. The van der Waals surface area contributed by atoms with Crippen LogP contribution in [-0.4, -0.2) is 47.2 Å². The zero-order valence-electron chi connectivity index (χ0n) is 11.4. The molecule has 104 valence electrons. The van der Waals surface area contributed by atoms with Crippen molar-refractivity contribution in [2.45, 2.75) is 44.8 Å². The maximum atomic E-state index is 12.0. The second kappa shape index (κ2) is 5.00. The summed E-state index contributed by atoms with van der Waals surface area (Å²) in [6, 6.07) is 0. The fourth-order valence-corrected chi connectivity index (χ4v) is 3.13. The van der Waals surface area contributed by atoms with Gasteiger partial charge in [-0.25, -0.2) is 4.79 Å². The molecule has 0 aromatic carbocycles. The molecule has 1 saturated heterocycles. The summed E-state index contributed by atoms with van der Waals surface area (Å²) in [5.41, 5.74) is -0.534. The number of alkyl halides is 1. The summed E-state index contributed by atoms with van der Waals surface area (Å²) in [7, 11) is 0. The van der Waals surface area contributed by atoms with E-state index in [-0.39, 0.29) is 11.7 Å². The highest BCUT2D eigenvalue weighted by atomic mass is 79.9. The van der Waals surface area contributed by atoms with Gasteiger partial charge in [0, 0.05) is 11.9 Å². The molecule has 0 bridgehead atoms. The van der Waals surface area contributed by atoms with Crippen molar-refractivity contribution in [1.29, 1.82) is 0 Å². The first-order valence-electron chi connectivity index (χ1n) is 6.51. The third kappa shape index (κ3) is 3.18. The standard InChI is InChI=1S/C13H22BrNO3/c1-12(2,3)18-11(16)15-4-5-17-13(9-15)6-10(7-13)8-14/h10H,4-9H2,1-3H3. The van der Waals surface area contributed by atoms with Crippen LogP contribution in [0.4, 0.5) is 4.79 Å². The van der Waals surface area contributed by atoms with Gasteiger partial charge in [-0.1, -0.05) is 15.9 Å². The largest absolute Gasteiger partial charge is 0.444 e. The van der Waals surface area contributed by atoms with Gasteiger partial charge in [-0.15, -0.1) is 0 Å². The summed E-state index contributed by atoms with van der Waals surface area (Å²) in [5.74, 6) is 0.684. The van der Waals surface area contributed by atoms with Gasteiger partial charge in [0.25, 0.3) is 0 Å². The molecule has 1 saturated carbocycles. The van der Waals surface area contributed by atoms with Crippen molar-refractivity contribution in [3.05, 3.63) is 0 Å². The van der Waals surface area contributed by atoms with Gasteiger partial charge in [0.2, 0.25) is 0 Å². The number of halogens is 1. The molecule has 2 fully saturated rings. The number of hydrogen-bond acceptors (Lipinski definition) is 3. The minimum atomic E-state index is -0.430. The van der Waals surface area contributed by atoms with E-state index in [1.54, 1.807) is 4.90 Å². The summed E-state index contributed by atoms with van der Waals surface area (Å²) in [6.45, 7) is 7.61. The molecule has 5 heteroatoms. The van der Waals surface area contributed by atoms with Crippen molar-refractivity contribution >= 4 is 22.0 Å². The first kappa shape index (κ1) is 14.1. The second-order valence-electron chi connectivity index (χ2n) is 6.36. The van der Waals surface area contributed by atoms with E-state index >= 15 is 0 Å². The van der Waals surface area contributed by atoms with Gasteiger partial charge in [-0.2, -0.15) is 0 Å². The van der Waals surface area contributed by atoms with E-state index in [1.807, 2.05) is 20.8 Å². The van der Waals surface area contributed by atoms with E-state index in [2.05, 4.69) is 15.9 Å². The SMILES string of the molecule is CC(C)(C)OC(=O)N1CCOC2(CC(CBr)C2)C1. The Bertz CT molecular complexity index is 321. The molecule has 2 rings (SSSR count). The van der Waals surface area contributed by atoms with Crippen molar-refractivity contribution in [2.75, 3.05) is 25.0 Å². The highest BCUT2D eigenvalue weighted by Gasteiger charge is 2.48. The molecule has 0 N–H and O–H groups in total. The quantitative estimate of drug-likeness (QED) is 0.698. The summed E-state index contributed by atoms with van der Waals surface area (Å²) in [6.07, 6.45) is 1.86. The van der Waals surface area contributed by atoms with Crippen LogP contribution in [0.1, 0.15) is 33.6 Å². The van der Waals surface area contributed by atoms with E-state index in [9.17, 15) is 4.79 Å². The first-order valence-corrected chi connectivity index (χ1v) is 7.64. The molecule has 0 aromatic heterocycles. The van der Waals surface area contributed by atoms with Crippen molar-refractivity contribution < 1.29 is 14.3 Å². The van der Waals surface area contributed by atoms with Crippen LogP contribution in [0.25, 0.3) is 0 Å². The number of nitrogens with zero attached hydrogens (tertiary/aromatic N) is 1. The van der Waals surface area contributed by atoms with Gasteiger partial charge in [0.05, 0.1) is 18.8 Å². The van der Waals surface area contributed by atoms with Crippen LogP contribution in [-0.2, 0) is 9.47 Å². The molecule has 0 unspecified atom stereocenters. The molecule has 1 spiro atoms. The second-order valence-corrected chi connectivity index (χ2v) is 7.01. The zero-order chi connectivity index (χ0) is 13.4. The van der Waals surface area contributed by atoms with Crippen molar-refractivity contribution in [1.82, 2.24) is 4.90 Å². The predicted molar refractivity (Wildman–Crippen MR) is 73.0 cm³/mol. The van der Waals surface area contributed by atoms with Crippen molar-refractivity contribution in [3.63, 3.8) is 0 Å². The molecular weight excluding hydrogens is 298 g/mol. The van der Waals surface area contributed by atoms with Crippen LogP contribution < -0.4 is 0 Å². The third-order valence-electron chi connectivity index (χ3n) is 3.44. The molecule has 0 atom stereocenters. The predicted octanol–water partition coefficient (Wildman–Crippen LogP) is 2.80. The average Bonchev–Trinajstić information content (AvgIpc) is 2.23. The highest BCUT2D eigenvalue weighted by molar-refractivity contribution is 9.09. The number of carbonyl (C=O) groups excluding carboxylic acids is 1.